The predicted octanol–water partition coefficient (Wildman–Crippen LogP) is 5.22. The molecular weight excluding hydrogens is 386 g/mol. The smallest absolute Gasteiger partial charge is 0.252 e. The maximum absolute atomic E-state index is 12.9. The molecule has 1 N–H and O–H groups in total. The number of hydrogen-bond donors (Lipinski definition) is 1. The highest BCUT2D eigenvalue weighted by Gasteiger charge is 2.24. The number of aromatic nitrogens is 2. The molecule has 0 fully saturated rings. The van der Waals surface area contributed by atoms with Crippen molar-refractivity contribution in [2.45, 2.75) is 13.0 Å². The van der Waals surface area contributed by atoms with Crippen LogP contribution in [0.25, 0.3) is 11.5 Å². The van der Waals surface area contributed by atoms with Crippen molar-refractivity contribution in [1.82, 2.24) is 15.5 Å². The first-order valence-corrected chi connectivity index (χ1v) is 9.50. The predicted molar refractivity (Wildman–Crippen MR) is 112 cm³/mol. The summed E-state index contributed by atoms with van der Waals surface area (Å²) < 4.78 is 5.91. The van der Waals surface area contributed by atoms with Crippen LogP contribution in [0.2, 0.25) is 5.02 Å². The SMILES string of the molecule is Cc1ccccc1C(=O)N[C@H](c1ccccc1)c1nnc(-c2ccc(Cl)cc2)o1. The lowest BCUT2D eigenvalue weighted by molar-refractivity contribution is 0.0937. The molecule has 1 heterocycles. The average molecular weight is 404 g/mol. The zero-order chi connectivity index (χ0) is 20.2. The Labute approximate surface area is 173 Å². The molecule has 1 amide bonds. The van der Waals surface area contributed by atoms with Gasteiger partial charge in [-0.1, -0.05) is 60.1 Å². The number of nitrogens with zero attached hydrogens (tertiary/aromatic N) is 2. The molecule has 0 aliphatic carbocycles. The first kappa shape index (κ1) is 18.9. The van der Waals surface area contributed by atoms with Crippen molar-refractivity contribution in [2.75, 3.05) is 0 Å². The number of nitrogens with one attached hydrogen (secondary N) is 1. The molecular formula is C23H18ClN3O2. The molecule has 4 aromatic rings. The highest BCUT2D eigenvalue weighted by atomic mass is 35.5. The van der Waals surface area contributed by atoms with Crippen molar-refractivity contribution in [3.05, 3.63) is 106 Å². The molecule has 0 unspecified atom stereocenters. The Morgan fingerprint density at radius 2 is 1.62 bits per heavy atom. The third kappa shape index (κ3) is 4.20. The maximum Gasteiger partial charge on any atom is 0.252 e. The van der Waals surface area contributed by atoms with E-state index in [1.807, 2.05) is 67.6 Å². The highest BCUT2D eigenvalue weighted by molar-refractivity contribution is 6.30. The third-order valence-corrected chi connectivity index (χ3v) is 4.83. The Morgan fingerprint density at radius 3 is 2.34 bits per heavy atom. The number of amides is 1. The second-order valence-electron chi connectivity index (χ2n) is 6.58. The van der Waals surface area contributed by atoms with E-state index in [2.05, 4.69) is 15.5 Å². The van der Waals surface area contributed by atoms with E-state index in [9.17, 15) is 4.79 Å². The van der Waals surface area contributed by atoms with Crippen LogP contribution in [-0.2, 0) is 0 Å². The number of carbonyl (C=O) groups is 1. The van der Waals surface area contributed by atoms with Crippen LogP contribution >= 0.6 is 11.6 Å². The van der Waals surface area contributed by atoms with E-state index in [0.29, 0.717) is 22.4 Å². The lowest BCUT2D eigenvalue weighted by Crippen LogP contribution is -2.30. The molecule has 3 aromatic carbocycles. The van der Waals surface area contributed by atoms with Gasteiger partial charge >= 0.3 is 0 Å². The molecule has 0 radical (unpaired) electrons. The van der Waals surface area contributed by atoms with E-state index in [1.54, 1.807) is 18.2 Å². The third-order valence-electron chi connectivity index (χ3n) is 4.58. The van der Waals surface area contributed by atoms with Crippen LogP contribution in [0.15, 0.2) is 83.3 Å². The topological polar surface area (TPSA) is 68.0 Å². The number of aryl methyl sites for hydroxylation is 1. The lowest BCUT2D eigenvalue weighted by Gasteiger charge is -2.16. The van der Waals surface area contributed by atoms with Gasteiger partial charge in [0.1, 0.15) is 6.04 Å². The molecule has 0 saturated heterocycles. The summed E-state index contributed by atoms with van der Waals surface area (Å²) in [6.45, 7) is 1.90. The normalized spacial score (nSPS) is 11.8. The first-order chi connectivity index (χ1) is 14.1. The zero-order valence-corrected chi connectivity index (χ0v) is 16.4. The summed E-state index contributed by atoms with van der Waals surface area (Å²) in [5, 5.41) is 12.0. The molecule has 4 rings (SSSR count). The Balaban J connectivity index is 1.68. The Hall–Kier alpha value is -3.44. The van der Waals surface area contributed by atoms with Crippen molar-refractivity contribution in [3.63, 3.8) is 0 Å². The number of halogens is 1. The molecule has 1 aromatic heterocycles. The molecule has 29 heavy (non-hydrogen) atoms. The largest absolute Gasteiger partial charge is 0.418 e. The van der Waals surface area contributed by atoms with Gasteiger partial charge in [0, 0.05) is 16.1 Å². The number of hydrogen-bond acceptors (Lipinski definition) is 4. The van der Waals surface area contributed by atoms with Gasteiger partial charge in [-0.25, -0.2) is 0 Å². The van der Waals surface area contributed by atoms with Crippen molar-refractivity contribution < 1.29 is 9.21 Å². The fraction of sp³-hybridized carbons (Fsp3) is 0.0870. The van der Waals surface area contributed by atoms with Gasteiger partial charge in [0.2, 0.25) is 11.8 Å². The van der Waals surface area contributed by atoms with Gasteiger partial charge in [-0.05, 0) is 48.4 Å². The number of benzene rings is 3. The van der Waals surface area contributed by atoms with Crippen LogP contribution in [0.5, 0.6) is 0 Å². The lowest BCUT2D eigenvalue weighted by atomic mass is 10.0. The zero-order valence-electron chi connectivity index (χ0n) is 15.7. The van der Waals surface area contributed by atoms with Crippen LogP contribution in [0.4, 0.5) is 0 Å². The fourth-order valence-electron chi connectivity index (χ4n) is 3.03. The maximum atomic E-state index is 12.9. The molecule has 144 valence electrons. The van der Waals surface area contributed by atoms with Crippen LogP contribution < -0.4 is 5.32 Å². The highest BCUT2D eigenvalue weighted by Crippen LogP contribution is 2.26. The summed E-state index contributed by atoms with van der Waals surface area (Å²) in [5.74, 6) is 0.467. The van der Waals surface area contributed by atoms with Gasteiger partial charge in [-0.15, -0.1) is 10.2 Å². The summed E-state index contributed by atoms with van der Waals surface area (Å²) >= 11 is 5.95. The summed E-state index contributed by atoms with van der Waals surface area (Å²) in [7, 11) is 0. The van der Waals surface area contributed by atoms with Gasteiger partial charge < -0.3 is 9.73 Å². The summed E-state index contributed by atoms with van der Waals surface area (Å²) in [6.07, 6.45) is 0. The van der Waals surface area contributed by atoms with Crippen LogP contribution in [0.3, 0.4) is 0 Å². The Kier molecular flexibility index (Phi) is 5.40. The molecule has 5 nitrogen and oxygen atoms in total. The summed E-state index contributed by atoms with van der Waals surface area (Å²) in [4.78, 5) is 12.9. The summed E-state index contributed by atoms with van der Waals surface area (Å²) in [6, 6.07) is 23.5. The number of rotatable bonds is 5. The molecule has 0 saturated carbocycles. The average Bonchev–Trinajstić information content (AvgIpc) is 3.23. The van der Waals surface area contributed by atoms with Gasteiger partial charge in [-0.2, -0.15) is 0 Å². The van der Waals surface area contributed by atoms with Crippen molar-refractivity contribution in [3.8, 4) is 11.5 Å². The van der Waals surface area contributed by atoms with E-state index in [1.165, 1.54) is 0 Å². The Bertz CT molecular complexity index is 1120. The minimum Gasteiger partial charge on any atom is -0.418 e. The second kappa shape index (κ2) is 8.29. The van der Waals surface area contributed by atoms with Crippen molar-refractivity contribution >= 4 is 17.5 Å². The van der Waals surface area contributed by atoms with Crippen LogP contribution in [-0.4, -0.2) is 16.1 Å². The quantitative estimate of drug-likeness (QED) is 0.496. The summed E-state index contributed by atoms with van der Waals surface area (Å²) in [5.41, 5.74) is 3.10. The van der Waals surface area contributed by atoms with E-state index >= 15 is 0 Å². The van der Waals surface area contributed by atoms with Crippen LogP contribution in [0, 0.1) is 6.92 Å². The van der Waals surface area contributed by atoms with E-state index in [-0.39, 0.29) is 5.91 Å². The second-order valence-corrected chi connectivity index (χ2v) is 7.02. The Morgan fingerprint density at radius 1 is 0.931 bits per heavy atom. The minimum absolute atomic E-state index is 0.205. The van der Waals surface area contributed by atoms with E-state index in [0.717, 1.165) is 16.7 Å². The van der Waals surface area contributed by atoms with Gasteiger partial charge in [0.05, 0.1) is 0 Å². The van der Waals surface area contributed by atoms with E-state index < -0.39 is 6.04 Å². The fourth-order valence-corrected chi connectivity index (χ4v) is 3.16. The molecule has 0 aliphatic heterocycles. The van der Waals surface area contributed by atoms with Gasteiger partial charge in [0.15, 0.2) is 0 Å². The van der Waals surface area contributed by atoms with Gasteiger partial charge in [-0.3, -0.25) is 4.79 Å². The van der Waals surface area contributed by atoms with E-state index in [4.69, 9.17) is 16.0 Å². The first-order valence-electron chi connectivity index (χ1n) is 9.12. The van der Waals surface area contributed by atoms with Gasteiger partial charge in [0.25, 0.3) is 5.91 Å². The molecule has 0 spiro atoms. The molecule has 6 heteroatoms. The monoisotopic (exact) mass is 403 g/mol. The molecule has 1 atom stereocenters. The van der Waals surface area contributed by atoms with Crippen LogP contribution in [0.1, 0.15) is 33.4 Å². The standard InChI is InChI=1S/C23H18ClN3O2/c1-15-7-5-6-10-19(15)21(28)25-20(16-8-3-2-4-9-16)23-27-26-22(29-23)17-11-13-18(24)14-12-17/h2-14,20H,1H3,(H,25,28)/t20-/m1/s1. The molecule has 0 bridgehead atoms. The molecule has 0 aliphatic rings. The van der Waals surface area contributed by atoms with Crippen molar-refractivity contribution in [2.24, 2.45) is 0 Å². The van der Waals surface area contributed by atoms with Crippen molar-refractivity contribution in [1.29, 1.82) is 0 Å². The minimum atomic E-state index is -0.572. The number of carbonyl (C=O) groups excluding carboxylic acids is 1.